The first-order valence-electron chi connectivity index (χ1n) is 5.55. The van der Waals surface area contributed by atoms with Crippen molar-refractivity contribution in [3.05, 3.63) is 57.8 Å². The van der Waals surface area contributed by atoms with E-state index < -0.39 is 0 Å². The fourth-order valence-corrected chi connectivity index (χ4v) is 2.02. The molecule has 0 unspecified atom stereocenters. The van der Waals surface area contributed by atoms with Crippen molar-refractivity contribution in [1.29, 1.82) is 0 Å². The maximum atomic E-state index is 12.0. The van der Waals surface area contributed by atoms with Gasteiger partial charge in [-0.1, -0.05) is 23.7 Å². The van der Waals surface area contributed by atoms with Crippen LogP contribution in [0.25, 0.3) is 22.3 Å². The minimum atomic E-state index is -0.306. The Morgan fingerprint density at radius 2 is 2.16 bits per heavy atom. The van der Waals surface area contributed by atoms with Crippen LogP contribution in [0.1, 0.15) is 0 Å². The lowest BCUT2D eigenvalue weighted by Crippen LogP contribution is -2.09. The molecule has 0 fully saturated rings. The molecule has 4 nitrogen and oxygen atoms in total. The number of phenolic OH excluding ortho intramolecular Hbond substituents is 1. The van der Waals surface area contributed by atoms with Crippen LogP contribution < -0.4 is 5.56 Å². The van der Waals surface area contributed by atoms with E-state index in [-0.39, 0.29) is 17.1 Å². The van der Waals surface area contributed by atoms with E-state index in [1.807, 2.05) is 0 Å². The van der Waals surface area contributed by atoms with Crippen molar-refractivity contribution >= 4 is 22.5 Å². The lowest BCUT2D eigenvalue weighted by atomic mass is 10.1. The third-order valence-electron chi connectivity index (χ3n) is 2.74. The number of hydrogen-bond acceptors (Lipinski definition) is 3. The van der Waals surface area contributed by atoms with Gasteiger partial charge in [0.15, 0.2) is 0 Å². The van der Waals surface area contributed by atoms with Gasteiger partial charge in [0.1, 0.15) is 11.6 Å². The van der Waals surface area contributed by atoms with Gasteiger partial charge < -0.3 is 10.1 Å². The lowest BCUT2D eigenvalue weighted by Gasteiger charge is -2.04. The van der Waals surface area contributed by atoms with Crippen LogP contribution in [0.2, 0.25) is 5.02 Å². The van der Waals surface area contributed by atoms with Crippen molar-refractivity contribution in [2.24, 2.45) is 0 Å². The molecule has 1 heterocycles. The normalized spacial score (nSPS) is 10.8. The van der Waals surface area contributed by atoms with Gasteiger partial charge in [-0.3, -0.25) is 4.79 Å². The van der Waals surface area contributed by atoms with E-state index in [2.05, 4.69) is 16.0 Å². The van der Waals surface area contributed by atoms with Crippen LogP contribution >= 0.6 is 11.6 Å². The number of benzene rings is 2. The molecule has 0 saturated carbocycles. The van der Waals surface area contributed by atoms with Crippen molar-refractivity contribution in [3.8, 4) is 17.1 Å². The van der Waals surface area contributed by atoms with E-state index in [0.717, 1.165) is 0 Å². The Bertz CT molecular complexity index is 827. The van der Waals surface area contributed by atoms with Gasteiger partial charge in [0, 0.05) is 5.02 Å². The summed E-state index contributed by atoms with van der Waals surface area (Å²) in [5.41, 5.74) is 0.565. The van der Waals surface area contributed by atoms with Crippen LogP contribution in [-0.2, 0) is 0 Å². The molecule has 0 atom stereocenters. The fourth-order valence-electron chi connectivity index (χ4n) is 1.85. The number of nitrogens with zero attached hydrogens (tertiary/aromatic N) is 1. The van der Waals surface area contributed by atoms with Gasteiger partial charge in [0.25, 0.3) is 5.56 Å². The minimum absolute atomic E-state index is 0.0129. The number of nitrogens with one attached hydrogen (secondary N) is 1. The number of fused-ring (bicyclic) bond motifs is 1. The Morgan fingerprint density at radius 3 is 2.95 bits per heavy atom. The summed E-state index contributed by atoms with van der Waals surface area (Å²) in [5.74, 6) is 0.289. The maximum Gasteiger partial charge on any atom is 0.259 e. The smallest absolute Gasteiger partial charge is 0.259 e. The number of H-pyrrole nitrogens is 1. The Labute approximate surface area is 113 Å². The van der Waals surface area contributed by atoms with Gasteiger partial charge in [-0.15, -0.1) is 0 Å². The van der Waals surface area contributed by atoms with Crippen LogP contribution in [0.5, 0.6) is 5.75 Å². The predicted molar refractivity (Wildman–Crippen MR) is 73.3 cm³/mol. The molecule has 3 aromatic rings. The first-order valence-corrected chi connectivity index (χ1v) is 5.92. The quantitative estimate of drug-likeness (QED) is 0.715. The Kier molecular flexibility index (Phi) is 2.72. The molecule has 1 radical (unpaired) electrons. The van der Waals surface area contributed by atoms with Gasteiger partial charge in [-0.2, -0.15) is 0 Å². The molecule has 0 aliphatic rings. The molecule has 0 saturated heterocycles. The second kappa shape index (κ2) is 4.40. The Balaban J connectivity index is 2.31. The monoisotopic (exact) mass is 271 g/mol. The third-order valence-corrected chi connectivity index (χ3v) is 2.97. The molecule has 19 heavy (non-hydrogen) atoms. The highest BCUT2D eigenvalue weighted by atomic mass is 35.5. The van der Waals surface area contributed by atoms with Crippen LogP contribution in [0.4, 0.5) is 0 Å². The molecule has 93 valence electrons. The van der Waals surface area contributed by atoms with Crippen LogP contribution in [0.3, 0.4) is 0 Å². The summed E-state index contributed by atoms with van der Waals surface area (Å²) in [6.07, 6.45) is 0. The summed E-state index contributed by atoms with van der Waals surface area (Å²) in [4.78, 5) is 18.9. The number of aromatic nitrogens is 2. The summed E-state index contributed by atoms with van der Waals surface area (Å²) in [7, 11) is 0. The van der Waals surface area contributed by atoms with E-state index >= 15 is 0 Å². The topological polar surface area (TPSA) is 66.0 Å². The number of hydrogen-bond donors (Lipinski definition) is 2. The predicted octanol–water partition coefficient (Wildman–Crippen LogP) is 2.75. The molecular formula is C14H8ClN2O2. The molecule has 0 amide bonds. The zero-order valence-corrected chi connectivity index (χ0v) is 10.4. The van der Waals surface area contributed by atoms with Crippen LogP contribution in [-0.4, -0.2) is 15.1 Å². The van der Waals surface area contributed by atoms with Crippen molar-refractivity contribution in [1.82, 2.24) is 9.97 Å². The summed E-state index contributed by atoms with van der Waals surface area (Å²) < 4.78 is 0. The van der Waals surface area contributed by atoms with Crippen LogP contribution in [0, 0.1) is 6.07 Å². The second-order valence-electron chi connectivity index (χ2n) is 4.01. The van der Waals surface area contributed by atoms with E-state index in [1.165, 1.54) is 6.07 Å². The van der Waals surface area contributed by atoms with Gasteiger partial charge in [-0.25, -0.2) is 4.98 Å². The van der Waals surface area contributed by atoms with Crippen molar-refractivity contribution in [2.75, 3.05) is 0 Å². The minimum Gasteiger partial charge on any atom is -0.507 e. The molecule has 0 bridgehead atoms. The third kappa shape index (κ3) is 2.06. The van der Waals surface area contributed by atoms with E-state index in [1.54, 1.807) is 30.3 Å². The van der Waals surface area contributed by atoms with Gasteiger partial charge in [0.2, 0.25) is 0 Å². The molecule has 3 rings (SSSR count). The zero-order chi connectivity index (χ0) is 13.4. The largest absolute Gasteiger partial charge is 0.507 e. The Hall–Kier alpha value is -2.33. The number of aromatic amines is 1. The maximum absolute atomic E-state index is 12.0. The summed E-state index contributed by atoms with van der Waals surface area (Å²) >= 11 is 5.85. The molecule has 5 heteroatoms. The molecule has 0 aliphatic carbocycles. The highest BCUT2D eigenvalue weighted by Crippen LogP contribution is 2.25. The highest BCUT2D eigenvalue weighted by molar-refractivity contribution is 6.31. The summed E-state index contributed by atoms with van der Waals surface area (Å²) in [6, 6.07) is 12.5. The summed E-state index contributed by atoms with van der Waals surface area (Å²) in [6.45, 7) is 0. The number of halogens is 1. The zero-order valence-electron chi connectivity index (χ0n) is 9.64. The first-order chi connectivity index (χ1) is 9.15. The average molecular weight is 272 g/mol. The molecular weight excluding hydrogens is 264 g/mol. The Morgan fingerprint density at radius 1 is 1.32 bits per heavy atom. The van der Waals surface area contributed by atoms with E-state index in [0.29, 0.717) is 21.5 Å². The molecule has 0 spiro atoms. The fraction of sp³-hybridized carbons (Fsp3) is 0. The molecule has 0 aliphatic heterocycles. The molecule has 2 N–H and O–H groups in total. The van der Waals surface area contributed by atoms with Gasteiger partial charge in [-0.05, 0) is 30.3 Å². The van der Waals surface area contributed by atoms with Crippen molar-refractivity contribution < 1.29 is 5.11 Å². The number of aromatic hydroxyl groups is 1. The van der Waals surface area contributed by atoms with Crippen LogP contribution in [0.15, 0.2) is 41.2 Å². The average Bonchev–Trinajstić information content (AvgIpc) is 2.40. The SMILES string of the molecule is O=c1[nH]c(-c2[c]cccc2O)nc2ccc(Cl)cc12. The standard InChI is InChI=1S/C14H8ClN2O2/c15-8-5-6-11-10(7-8)14(19)17-13(16-11)9-3-1-2-4-12(9)18/h1-2,4-7,18H,(H,16,17,19). The number of phenols is 1. The molecule has 2 aromatic carbocycles. The van der Waals surface area contributed by atoms with Crippen molar-refractivity contribution in [3.63, 3.8) is 0 Å². The molecule has 1 aromatic heterocycles. The van der Waals surface area contributed by atoms with E-state index in [4.69, 9.17) is 11.6 Å². The highest BCUT2D eigenvalue weighted by Gasteiger charge is 2.09. The van der Waals surface area contributed by atoms with E-state index in [9.17, 15) is 9.90 Å². The van der Waals surface area contributed by atoms with Gasteiger partial charge >= 0.3 is 0 Å². The summed E-state index contributed by atoms with van der Waals surface area (Å²) in [5, 5.41) is 10.6. The number of rotatable bonds is 1. The van der Waals surface area contributed by atoms with Crippen molar-refractivity contribution in [2.45, 2.75) is 0 Å². The lowest BCUT2D eigenvalue weighted by molar-refractivity contribution is 0.477. The van der Waals surface area contributed by atoms with Gasteiger partial charge in [0.05, 0.1) is 16.5 Å². The second-order valence-corrected chi connectivity index (χ2v) is 4.44. The first kappa shape index (κ1) is 11.7.